The van der Waals surface area contributed by atoms with Gasteiger partial charge < -0.3 is 4.74 Å². The third kappa shape index (κ3) is 4.04. The molecular formula is C7H15NO3S. The van der Waals surface area contributed by atoms with Gasteiger partial charge in [0.05, 0.1) is 5.75 Å². The van der Waals surface area contributed by atoms with Crippen molar-refractivity contribution in [1.29, 1.82) is 0 Å². The Bertz CT molecular complexity index is 217. The summed E-state index contributed by atoms with van der Waals surface area (Å²) in [5, 5.41) is 3.04. The second kappa shape index (κ2) is 4.20. The van der Waals surface area contributed by atoms with Crippen LogP contribution in [0.1, 0.15) is 12.8 Å². The molecule has 1 saturated heterocycles. The fourth-order valence-electron chi connectivity index (χ4n) is 1.16. The van der Waals surface area contributed by atoms with E-state index in [-0.39, 0.29) is 12.0 Å². The second-order valence-electron chi connectivity index (χ2n) is 3.11. The van der Waals surface area contributed by atoms with E-state index >= 15 is 0 Å². The maximum absolute atomic E-state index is 10.9. The van der Waals surface area contributed by atoms with Gasteiger partial charge in [-0.25, -0.2) is 8.42 Å². The van der Waals surface area contributed by atoms with Crippen molar-refractivity contribution in [2.24, 2.45) is 0 Å². The third-order valence-corrected chi connectivity index (χ3v) is 2.62. The standard InChI is InChI=1S/C7H15NO3S/c1-12(9,10)6-7-8-4-2-3-5-11-7/h7-8H,2-6H2,1H3. The lowest BCUT2D eigenvalue weighted by Gasteiger charge is -2.14. The Morgan fingerprint density at radius 1 is 1.50 bits per heavy atom. The quantitative estimate of drug-likeness (QED) is 0.657. The Hall–Kier alpha value is -0.130. The van der Waals surface area contributed by atoms with Crippen molar-refractivity contribution in [1.82, 2.24) is 5.32 Å². The topological polar surface area (TPSA) is 55.4 Å². The summed E-state index contributed by atoms with van der Waals surface area (Å²) in [6.45, 7) is 1.51. The molecule has 4 nitrogen and oxygen atoms in total. The molecule has 1 N–H and O–H groups in total. The molecule has 0 saturated carbocycles. The highest BCUT2D eigenvalue weighted by molar-refractivity contribution is 7.90. The Labute approximate surface area is 73.2 Å². The third-order valence-electron chi connectivity index (χ3n) is 1.72. The van der Waals surface area contributed by atoms with Crippen LogP contribution in [0.3, 0.4) is 0 Å². The van der Waals surface area contributed by atoms with Gasteiger partial charge in [-0.05, 0) is 19.4 Å². The zero-order chi connectivity index (χ0) is 9.03. The number of hydrogen-bond donors (Lipinski definition) is 1. The number of sulfone groups is 1. The smallest absolute Gasteiger partial charge is 0.151 e. The van der Waals surface area contributed by atoms with Crippen LogP contribution in [0.5, 0.6) is 0 Å². The van der Waals surface area contributed by atoms with Gasteiger partial charge in [-0.3, -0.25) is 5.32 Å². The summed E-state index contributed by atoms with van der Waals surface area (Å²) in [6, 6.07) is 0. The van der Waals surface area contributed by atoms with Gasteiger partial charge in [-0.2, -0.15) is 0 Å². The Morgan fingerprint density at radius 2 is 2.25 bits per heavy atom. The van der Waals surface area contributed by atoms with Gasteiger partial charge in [0.2, 0.25) is 0 Å². The van der Waals surface area contributed by atoms with Crippen molar-refractivity contribution in [3.05, 3.63) is 0 Å². The van der Waals surface area contributed by atoms with Crippen molar-refractivity contribution in [3.8, 4) is 0 Å². The fraction of sp³-hybridized carbons (Fsp3) is 1.00. The molecule has 12 heavy (non-hydrogen) atoms. The van der Waals surface area contributed by atoms with Crippen LogP contribution in [0, 0.1) is 0 Å². The van der Waals surface area contributed by atoms with Crippen LogP contribution in [0.25, 0.3) is 0 Å². The van der Waals surface area contributed by atoms with E-state index < -0.39 is 9.84 Å². The summed E-state index contributed by atoms with van der Waals surface area (Å²) >= 11 is 0. The molecule has 72 valence electrons. The highest BCUT2D eigenvalue weighted by Crippen LogP contribution is 2.01. The molecule has 1 heterocycles. The average Bonchev–Trinajstić information content (AvgIpc) is 2.12. The van der Waals surface area contributed by atoms with Crippen molar-refractivity contribution >= 4 is 9.84 Å². The van der Waals surface area contributed by atoms with Crippen LogP contribution in [0.15, 0.2) is 0 Å². The molecule has 0 amide bonds. The number of nitrogens with one attached hydrogen (secondary N) is 1. The number of rotatable bonds is 2. The monoisotopic (exact) mass is 193 g/mol. The first-order valence-corrected chi connectivity index (χ1v) is 6.17. The molecule has 1 unspecified atom stereocenters. The summed E-state index contributed by atoms with van der Waals surface area (Å²) in [6.07, 6.45) is 2.98. The van der Waals surface area contributed by atoms with E-state index in [1.54, 1.807) is 0 Å². The van der Waals surface area contributed by atoms with Gasteiger partial charge >= 0.3 is 0 Å². The predicted molar refractivity (Wildman–Crippen MR) is 46.7 cm³/mol. The molecule has 0 aromatic carbocycles. The minimum atomic E-state index is -2.93. The molecule has 1 fully saturated rings. The van der Waals surface area contributed by atoms with E-state index in [1.807, 2.05) is 0 Å². The molecule has 0 aromatic rings. The first-order chi connectivity index (χ1) is 5.58. The van der Waals surface area contributed by atoms with Crippen LogP contribution in [0.2, 0.25) is 0 Å². The zero-order valence-electron chi connectivity index (χ0n) is 7.25. The molecule has 1 rings (SSSR count). The SMILES string of the molecule is CS(=O)(=O)CC1NCCCCO1. The van der Waals surface area contributed by atoms with Crippen LogP contribution in [0.4, 0.5) is 0 Å². The highest BCUT2D eigenvalue weighted by Gasteiger charge is 2.16. The molecule has 0 aliphatic carbocycles. The largest absolute Gasteiger partial charge is 0.362 e. The minimum Gasteiger partial charge on any atom is -0.362 e. The van der Waals surface area contributed by atoms with E-state index in [2.05, 4.69) is 5.32 Å². The fourth-order valence-corrected chi connectivity index (χ4v) is 1.92. The molecule has 1 aliphatic heterocycles. The van der Waals surface area contributed by atoms with Crippen molar-refractivity contribution in [3.63, 3.8) is 0 Å². The lowest BCUT2D eigenvalue weighted by atomic mass is 10.3. The normalized spacial score (nSPS) is 26.6. The lowest BCUT2D eigenvalue weighted by Crippen LogP contribution is -2.36. The Kier molecular flexibility index (Phi) is 3.49. The first kappa shape index (κ1) is 9.95. The van der Waals surface area contributed by atoms with E-state index in [4.69, 9.17) is 4.74 Å². The van der Waals surface area contributed by atoms with E-state index in [1.165, 1.54) is 6.26 Å². The second-order valence-corrected chi connectivity index (χ2v) is 5.30. The van der Waals surface area contributed by atoms with E-state index in [9.17, 15) is 8.42 Å². The van der Waals surface area contributed by atoms with Crippen molar-refractivity contribution in [2.45, 2.75) is 19.1 Å². The summed E-state index contributed by atoms with van der Waals surface area (Å²) in [5.41, 5.74) is 0. The summed E-state index contributed by atoms with van der Waals surface area (Å²) < 4.78 is 27.1. The Balaban J connectivity index is 2.40. The van der Waals surface area contributed by atoms with Crippen LogP contribution < -0.4 is 5.32 Å². The van der Waals surface area contributed by atoms with Gasteiger partial charge in [0.1, 0.15) is 6.23 Å². The van der Waals surface area contributed by atoms with E-state index in [0.717, 1.165) is 19.4 Å². The lowest BCUT2D eigenvalue weighted by molar-refractivity contribution is 0.0589. The highest BCUT2D eigenvalue weighted by atomic mass is 32.2. The minimum absolute atomic E-state index is 0.0764. The molecule has 0 aromatic heterocycles. The summed E-state index contributed by atoms with van der Waals surface area (Å²) in [7, 11) is -2.93. The van der Waals surface area contributed by atoms with Crippen LogP contribution in [-0.4, -0.2) is 39.8 Å². The van der Waals surface area contributed by atoms with E-state index in [0.29, 0.717) is 6.61 Å². The maximum atomic E-state index is 10.9. The Morgan fingerprint density at radius 3 is 2.92 bits per heavy atom. The molecule has 0 bridgehead atoms. The maximum Gasteiger partial charge on any atom is 0.151 e. The predicted octanol–water partition coefficient (Wildman–Crippen LogP) is -0.243. The molecule has 1 aliphatic rings. The molecule has 0 radical (unpaired) electrons. The van der Waals surface area contributed by atoms with Crippen LogP contribution >= 0.6 is 0 Å². The summed E-state index contributed by atoms with van der Waals surface area (Å²) in [4.78, 5) is 0. The van der Waals surface area contributed by atoms with Crippen molar-refractivity contribution in [2.75, 3.05) is 25.2 Å². The van der Waals surface area contributed by atoms with Gasteiger partial charge in [-0.15, -0.1) is 0 Å². The molecule has 1 atom stereocenters. The van der Waals surface area contributed by atoms with Gasteiger partial charge in [-0.1, -0.05) is 0 Å². The van der Waals surface area contributed by atoms with Gasteiger partial charge in [0.25, 0.3) is 0 Å². The van der Waals surface area contributed by atoms with Crippen molar-refractivity contribution < 1.29 is 13.2 Å². The first-order valence-electron chi connectivity index (χ1n) is 4.11. The molecular weight excluding hydrogens is 178 g/mol. The zero-order valence-corrected chi connectivity index (χ0v) is 8.06. The molecule has 0 spiro atoms. The van der Waals surface area contributed by atoms with Gasteiger partial charge in [0.15, 0.2) is 9.84 Å². The number of ether oxygens (including phenoxy) is 1. The van der Waals surface area contributed by atoms with Gasteiger partial charge in [0, 0.05) is 12.9 Å². The average molecular weight is 193 g/mol. The summed E-state index contributed by atoms with van der Waals surface area (Å²) in [5.74, 6) is 0.0764. The molecule has 5 heteroatoms. The van der Waals surface area contributed by atoms with Crippen LogP contribution in [-0.2, 0) is 14.6 Å². The number of hydrogen-bond acceptors (Lipinski definition) is 4.